The molecule has 0 saturated carbocycles. The molecule has 0 aliphatic carbocycles. The first-order chi connectivity index (χ1) is 5.50. The molecule has 2 nitrogen and oxygen atoms in total. The molecule has 0 heterocycles. The molecule has 4 heteroatoms. The minimum atomic E-state index is -2.73. The van der Waals surface area contributed by atoms with Crippen molar-refractivity contribution in [3.05, 3.63) is 0 Å². The van der Waals surface area contributed by atoms with Crippen molar-refractivity contribution in [3.63, 3.8) is 0 Å². The summed E-state index contributed by atoms with van der Waals surface area (Å²) < 4.78 is 35.0. The zero-order valence-electron chi connectivity index (χ0n) is 7.77. The molecule has 0 aromatic carbocycles. The molecule has 0 aliphatic rings. The molecule has 0 bridgehead atoms. The monoisotopic (exact) mass is 182 g/mol. The second-order valence-electron chi connectivity index (χ2n) is 2.96. The van der Waals surface area contributed by atoms with Crippen LogP contribution < -0.4 is 0 Å². The highest BCUT2D eigenvalue weighted by molar-refractivity contribution is 4.68. The molecule has 0 aromatic heterocycles. The van der Waals surface area contributed by atoms with Crippen LogP contribution in [0.2, 0.25) is 0 Å². The van der Waals surface area contributed by atoms with E-state index in [1.807, 2.05) is 0 Å². The summed E-state index contributed by atoms with van der Waals surface area (Å²) in [7, 11) is 1.50. The van der Waals surface area contributed by atoms with E-state index in [9.17, 15) is 8.78 Å². The molecule has 0 aliphatic heterocycles. The molecular formula is C8H16F2O2. The lowest BCUT2D eigenvalue weighted by Crippen LogP contribution is -2.30. The van der Waals surface area contributed by atoms with Crippen molar-refractivity contribution in [1.82, 2.24) is 0 Å². The predicted octanol–water partition coefficient (Wildman–Crippen LogP) is 1.94. The van der Waals surface area contributed by atoms with Gasteiger partial charge in [0.15, 0.2) is 0 Å². The lowest BCUT2D eigenvalue weighted by atomic mass is 10.1. The summed E-state index contributed by atoms with van der Waals surface area (Å²) in [6.07, 6.45) is 0. The number of hydrogen-bond donors (Lipinski definition) is 0. The molecule has 12 heavy (non-hydrogen) atoms. The fraction of sp³-hybridized carbons (Fsp3) is 1.00. The Labute approximate surface area is 71.9 Å². The molecule has 0 spiro atoms. The van der Waals surface area contributed by atoms with Crippen molar-refractivity contribution in [1.29, 1.82) is 0 Å². The summed E-state index contributed by atoms with van der Waals surface area (Å²) in [5.74, 6) is -3.41. The van der Waals surface area contributed by atoms with Gasteiger partial charge in [0.2, 0.25) is 0 Å². The molecule has 0 atom stereocenters. The van der Waals surface area contributed by atoms with Gasteiger partial charge in [0.25, 0.3) is 5.92 Å². The van der Waals surface area contributed by atoms with Gasteiger partial charge in [-0.3, -0.25) is 0 Å². The number of hydrogen-bond acceptors (Lipinski definition) is 2. The van der Waals surface area contributed by atoms with Crippen LogP contribution in [0.4, 0.5) is 8.78 Å². The fourth-order valence-electron chi connectivity index (χ4n) is 0.517. The van der Waals surface area contributed by atoms with Gasteiger partial charge >= 0.3 is 0 Å². The van der Waals surface area contributed by atoms with Crippen molar-refractivity contribution in [2.75, 3.05) is 26.9 Å². The van der Waals surface area contributed by atoms with E-state index in [1.54, 1.807) is 0 Å². The second-order valence-corrected chi connectivity index (χ2v) is 2.96. The Balaban J connectivity index is 3.47. The molecular weight excluding hydrogens is 166 g/mol. The van der Waals surface area contributed by atoms with E-state index in [4.69, 9.17) is 4.74 Å². The van der Waals surface area contributed by atoms with Gasteiger partial charge in [-0.05, 0) is 0 Å². The van der Waals surface area contributed by atoms with Gasteiger partial charge in [-0.2, -0.15) is 0 Å². The molecule has 0 radical (unpaired) electrons. The van der Waals surface area contributed by atoms with Crippen LogP contribution in [-0.2, 0) is 9.47 Å². The van der Waals surface area contributed by atoms with Gasteiger partial charge in [-0.1, -0.05) is 13.8 Å². The smallest absolute Gasteiger partial charge is 0.273 e. The molecule has 0 N–H and O–H groups in total. The zero-order chi connectivity index (χ0) is 9.61. The summed E-state index contributed by atoms with van der Waals surface area (Å²) >= 11 is 0. The first kappa shape index (κ1) is 11.8. The first-order valence-electron chi connectivity index (χ1n) is 3.95. The fourth-order valence-corrected chi connectivity index (χ4v) is 0.517. The van der Waals surface area contributed by atoms with E-state index in [2.05, 4.69) is 4.74 Å². The van der Waals surface area contributed by atoms with Crippen molar-refractivity contribution < 1.29 is 18.3 Å². The number of rotatable bonds is 6. The number of methoxy groups -OCH3 is 1. The normalized spacial score (nSPS) is 12.5. The summed E-state index contributed by atoms with van der Waals surface area (Å²) in [6.45, 7) is 3.00. The van der Waals surface area contributed by atoms with Crippen molar-refractivity contribution >= 4 is 0 Å². The molecule has 0 fully saturated rings. The van der Waals surface area contributed by atoms with E-state index in [-0.39, 0.29) is 6.61 Å². The van der Waals surface area contributed by atoms with E-state index in [0.29, 0.717) is 6.61 Å². The summed E-state index contributed by atoms with van der Waals surface area (Å²) in [5, 5.41) is 0. The largest absolute Gasteiger partial charge is 0.382 e. The van der Waals surface area contributed by atoms with Crippen LogP contribution in [0.15, 0.2) is 0 Å². The Kier molecular flexibility index (Phi) is 5.33. The molecule has 0 saturated heterocycles. The van der Waals surface area contributed by atoms with Crippen molar-refractivity contribution in [3.8, 4) is 0 Å². The van der Waals surface area contributed by atoms with Crippen molar-refractivity contribution in [2.24, 2.45) is 5.92 Å². The summed E-state index contributed by atoms with van der Waals surface area (Å²) in [5.41, 5.74) is 0. The second kappa shape index (κ2) is 5.43. The van der Waals surface area contributed by atoms with Gasteiger partial charge < -0.3 is 9.47 Å². The van der Waals surface area contributed by atoms with Gasteiger partial charge in [-0.25, -0.2) is 8.78 Å². The van der Waals surface area contributed by atoms with Crippen LogP contribution in [0.1, 0.15) is 13.8 Å². The first-order valence-corrected chi connectivity index (χ1v) is 3.95. The van der Waals surface area contributed by atoms with Crippen LogP contribution in [0.25, 0.3) is 0 Å². The highest BCUT2D eigenvalue weighted by atomic mass is 19.3. The zero-order valence-corrected chi connectivity index (χ0v) is 7.77. The van der Waals surface area contributed by atoms with Gasteiger partial charge in [0, 0.05) is 13.0 Å². The van der Waals surface area contributed by atoms with Crippen molar-refractivity contribution in [2.45, 2.75) is 19.8 Å². The molecule has 0 rings (SSSR count). The molecule has 74 valence electrons. The number of ether oxygens (including phenoxy) is 2. The standard InChI is InChI=1S/C8H16F2O2/c1-7(2)8(9,10)6-12-5-4-11-3/h7H,4-6H2,1-3H3. The third kappa shape index (κ3) is 4.62. The van der Waals surface area contributed by atoms with Gasteiger partial charge in [0.1, 0.15) is 6.61 Å². The van der Waals surface area contributed by atoms with E-state index in [0.717, 1.165) is 0 Å². The SMILES string of the molecule is COCCOCC(F)(F)C(C)C. The minimum Gasteiger partial charge on any atom is -0.382 e. The molecule has 0 unspecified atom stereocenters. The van der Waals surface area contributed by atoms with E-state index < -0.39 is 18.4 Å². The maximum absolute atomic E-state index is 12.8. The Morgan fingerprint density at radius 1 is 1.25 bits per heavy atom. The summed E-state index contributed by atoms with van der Waals surface area (Å²) in [4.78, 5) is 0. The topological polar surface area (TPSA) is 18.5 Å². The van der Waals surface area contributed by atoms with Gasteiger partial charge in [0.05, 0.1) is 13.2 Å². The maximum Gasteiger partial charge on any atom is 0.273 e. The lowest BCUT2D eigenvalue weighted by Gasteiger charge is -2.19. The van der Waals surface area contributed by atoms with Crippen LogP contribution in [0.3, 0.4) is 0 Å². The van der Waals surface area contributed by atoms with Crippen LogP contribution in [-0.4, -0.2) is 32.9 Å². The van der Waals surface area contributed by atoms with Crippen LogP contribution in [0, 0.1) is 5.92 Å². The lowest BCUT2D eigenvalue weighted by molar-refractivity contribution is -0.112. The summed E-state index contributed by atoms with van der Waals surface area (Å²) in [6, 6.07) is 0. The Morgan fingerprint density at radius 3 is 2.25 bits per heavy atom. The average Bonchev–Trinajstić information content (AvgIpc) is 1.98. The quantitative estimate of drug-likeness (QED) is 0.584. The molecule has 0 aromatic rings. The third-order valence-corrected chi connectivity index (χ3v) is 1.57. The minimum absolute atomic E-state index is 0.221. The highest BCUT2D eigenvalue weighted by Crippen LogP contribution is 2.23. The average molecular weight is 182 g/mol. The van der Waals surface area contributed by atoms with E-state index >= 15 is 0 Å². The Morgan fingerprint density at radius 2 is 1.83 bits per heavy atom. The number of alkyl halides is 2. The van der Waals surface area contributed by atoms with E-state index in [1.165, 1.54) is 21.0 Å². The predicted molar refractivity (Wildman–Crippen MR) is 42.5 cm³/mol. The van der Waals surface area contributed by atoms with Crippen LogP contribution in [0.5, 0.6) is 0 Å². The Bertz CT molecular complexity index is 116. The third-order valence-electron chi connectivity index (χ3n) is 1.57. The molecule has 0 amide bonds. The maximum atomic E-state index is 12.8. The van der Waals surface area contributed by atoms with Gasteiger partial charge in [-0.15, -0.1) is 0 Å². The Hall–Kier alpha value is -0.220. The van der Waals surface area contributed by atoms with Crippen LogP contribution >= 0.6 is 0 Å². The number of halogens is 2. The highest BCUT2D eigenvalue weighted by Gasteiger charge is 2.33.